The third kappa shape index (κ3) is 2.88. The second-order valence-electron chi connectivity index (χ2n) is 6.34. The summed E-state index contributed by atoms with van der Waals surface area (Å²) in [5.74, 6) is 2.24. The molecule has 20 heavy (non-hydrogen) atoms. The Bertz CT molecular complexity index is 526. The minimum Gasteiger partial charge on any atom is -0.143 e. The van der Waals surface area contributed by atoms with E-state index in [0.29, 0.717) is 5.92 Å². The van der Waals surface area contributed by atoms with E-state index in [-0.39, 0.29) is 0 Å². The second-order valence-corrected chi connectivity index (χ2v) is 6.82. The van der Waals surface area contributed by atoms with Crippen molar-refractivity contribution in [2.24, 2.45) is 11.8 Å². The summed E-state index contributed by atoms with van der Waals surface area (Å²) in [5.41, 5.74) is 3.15. The van der Waals surface area contributed by atoms with Gasteiger partial charge in [0.05, 0.1) is 0 Å². The van der Waals surface area contributed by atoms with E-state index in [1.165, 1.54) is 37.7 Å². The molecule has 1 heteroatoms. The maximum atomic E-state index is 4.65. The van der Waals surface area contributed by atoms with Crippen LogP contribution in [0.5, 0.6) is 0 Å². The highest BCUT2D eigenvalue weighted by atomic mass is 32.1. The molecule has 106 valence electrons. The fourth-order valence-electron chi connectivity index (χ4n) is 3.81. The minimum absolute atomic E-state index is 0.668. The van der Waals surface area contributed by atoms with Crippen LogP contribution in [0.15, 0.2) is 53.0 Å². The van der Waals surface area contributed by atoms with Crippen molar-refractivity contribution in [1.29, 1.82) is 0 Å². The Labute approximate surface area is 128 Å². The largest absolute Gasteiger partial charge is 0.143 e. The van der Waals surface area contributed by atoms with Crippen molar-refractivity contribution in [3.63, 3.8) is 0 Å². The van der Waals surface area contributed by atoms with E-state index in [0.717, 1.165) is 16.7 Å². The first-order valence-corrected chi connectivity index (χ1v) is 8.32. The summed E-state index contributed by atoms with van der Waals surface area (Å²) >= 11 is 4.65. The molecule has 2 aliphatic carbocycles. The summed E-state index contributed by atoms with van der Waals surface area (Å²) in [6, 6.07) is 8.63. The topological polar surface area (TPSA) is 0 Å². The van der Waals surface area contributed by atoms with Crippen LogP contribution >= 0.6 is 12.6 Å². The Hall–Kier alpha value is -0.950. The van der Waals surface area contributed by atoms with Gasteiger partial charge in [-0.05, 0) is 61.5 Å². The van der Waals surface area contributed by atoms with Gasteiger partial charge in [-0.25, -0.2) is 0 Å². The zero-order valence-corrected chi connectivity index (χ0v) is 13.2. The van der Waals surface area contributed by atoms with Crippen molar-refractivity contribution < 1.29 is 0 Å². The number of thiol groups is 1. The fourth-order valence-corrected chi connectivity index (χ4v) is 4.15. The molecule has 0 radical (unpaired) electrons. The first kappa shape index (κ1) is 14.0. The number of allylic oxidation sites excluding steroid dienone is 4. The van der Waals surface area contributed by atoms with Crippen LogP contribution in [-0.4, -0.2) is 0 Å². The van der Waals surface area contributed by atoms with E-state index in [4.69, 9.17) is 0 Å². The van der Waals surface area contributed by atoms with Gasteiger partial charge >= 0.3 is 0 Å². The van der Waals surface area contributed by atoms with Crippen LogP contribution in [0.4, 0.5) is 0 Å². The molecule has 3 rings (SSSR count). The van der Waals surface area contributed by atoms with E-state index < -0.39 is 0 Å². The number of rotatable bonds is 2. The first-order valence-electron chi connectivity index (χ1n) is 7.87. The lowest BCUT2D eigenvalue weighted by molar-refractivity contribution is 0.374. The van der Waals surface area contributed by atoms with Crippen LogP contribution < -0.4 is 0 Å². The van der Waals surface area contributed by atoms with Crippen LogP contribution in [0.3, 0.4) is 0 Å². The van der Waals surface area contributed by atoms with Gasteiger partial charge in [-0.1, -0.05) is 48.9 Å². The molecule has 0 bridgehead atoms. The van der Waals surface area contributed by atoms with E-state index in [1.54, 1.807) is 5.57 Å². The standard InChI is InChI=1S/C19H24S/c1-14-7-2-3-10-17(14)15-8-6-9-16(13-15)18-11-4-5-12-19(18)20/h2-5,8,11-12,14,16-17,20H,6-7,9-10,13H2,1H3. The van der Waals surface area contributed by atoms with Crippen LogP contribution in [-0.2, 0) is 0 Å². The Morgan fingerprint density at radius 3 is 2.70 bits per heavy atom. The van der Waals surface area contributed by atoms with Gasteiger partial charge in [0.15, 0.2) is 0 Å². The van der Waals surface area contributed by atoms with E-state index in [2.05, 4.69) is 62.0 Å². The molecule has 2 aliphatic rings. The highest BCUT2D eigenvalue weighted by Gasteiger charge is 2.27. The predicted octanol–water partition coefficient (Wildman–Crippen LogP) is 5.77. The summed E-state index contributed by atoms with van der Waals surface area (Å²) in [6.07, 6.45) is 13.5. The molecular weight excluding hydrogens is 260 g/mol. The molecule has 0 spiro atoms. The van der Waals surface area contributed by atoms with E-state index >= 15 is 0 Å². The SMILES string of the molecule is CC1CC=CCC1C1=CCCC(c2ccccc2S)C1. The Morgan fingerprint density at radius 1 is 1.10 bits per heavy atom. The second kappa shape index (κ2) is 6.22. The number of hydrogen-bond acceptors (Lipinski definition) is 1. The smallest absolute Gasteiger partial charge is 0.00749 e. The molecule has 0 amide bonds. The van der Waals surface area contributed by atoms with Crippen LogP contribution in [0.25, 0.3) is 0 Å². The third-order valence-corrected chi connectivity index (χ3v) is 5.42. The van der Waals surface area contributed by atoms with Crippen molar-refractivity contribution in [1.82, 2.24) is 0 Å². The van der Waals surface area contributed by atoms with Gasteiger partial charge in [-0.15, -0.1) is 12.6 Å². The Morgan fingerprint density at radius 2 is 1.90 bits per heavy atom. The molecule has 1 aromatic carbocycles. The molecule has 0 aliphatic heterocycles. The molecule has 1 aromatic rings. The van der Waals surface area contributed by atoms with Crippen LogP contribution in [0.2, 0.25) is 0 Å². The number of hydrogen-bond donors (Lipinski definition) is 1. The third-order valence-electron chi connectivity index (χ3n) is 5.01. The van der Waals surface area contributed by atoms with Crippen molar-refractivity contribution in [3.8, 4) is 0 Å². The van der Waals surface area contributed by atoms with Gasteiger partial charge in [0.25, 0.3) is 0 Å². The highest BCUT2D eigenvalue weighted by molar-refractivity contribution is 7.80. The van der Waals surface area contributed by atoms with E-state index in [9.17, 15) is 0 Å². The first-order chi connectivity index (χ1) is 9.75. The highest BCUT2D eigenvalue weighted by Crippen LogP contribution is 2.42. The van der Waals surface area contributed by atoms with Crippen LogP contribution in [0, 0.1) is 11.8 Å². The predicted molar refractivity (Wildman–Crippen MR) is 89.4 cm³/mol. The van der Waals surface area contributed by atoms with E-state index in [1.807, 2.05) is 0 Å². The van der Waals surface area contributed by atoms with Gasteiger partial charge in [0.2, 0.25) is 0 Å². The summed E-state index contributed by atoms with van der Waals surface area (Å²) in [6.45, 7) is 2.41. The Balaban J connectivity index is 1.78. The molecule has 0 saturated carbocycles. The van der Waals surface area contributed by atoms with Crippen LogP contribution in [0.1, 0.15) is 50.5 Å². The molecule has 3 atom stereocenters. The maximum Gasteiger partial charge on any atom is 0.00749 e. The summed E-state index contributed by atoms with van der Waals surface area (Å²) in [4.78, 5) is 1.16. The Kier molecular flexibility index (Phi) is 4.35. The zero-order chi connectivity index (χ0) is 13.9. The molecular formula is C19H24S. The molecule has 0 saturated heterocycles. The van der Waals surface area contributed by atoms with Gasteiger partial charge in [0, 0.05) is 4.90 Å². The average molecular weight is 284 g/mol. The van der Waals surface area contributed by atoms with Crippen molar-refractivity contribution >= 4 is 12.6 Å². The van der Waals surface area contributed by atoms with Gasteiger partial charge in [0.1, 0.15) is 0 Å². The number of benzene rings is 1. The van der Waals surface area contributed by atoms with Crippen molar-refractivity contribution in [2.75, 3.05) is 0 Å². The molecule has 0 aromatic heterocycles. The van der Waals surface area contributed by atoms with Gasteiger partial charge in [-0.2, -0.15) is 0 Å². The normalized spacial score (nSPS) is 30.1. The van der Waals surface area contributed by atoms with Crippen molar-refractivity contribution in [2.45, 2.75) is 49.8 Å². The molecule has 0 nitrogen and oxygen atoms in total. The minimum atomic E-state index is 0.668. The molecule has 0 N–H and O–H groups in total. The summed E-state index contributed by atoms with van der Waals surface area (Å²) in [5, 5.41) is 0. The fraction of sp³-hybridized carbons (Fsp3) is 0.474. The average Bonchev–Trinajstić information content (AvgIpc) is 2.48. The molecule has 3 unspecified atom stereocenters. The van der Waals surface area contributed by atoms with Gasteiger partial charge < -0.3 is 0 Å². The molecule has 0 heterocycles. The zero-order valence-electron chi connectivity index (χ0n) is 12.3. The summed E-state index contributed by atoms with van der Waals surface area (Å²) < 4.78 is 0. The van der Waals surface area contributed by atoms with Gasteiger partial charge in [-0.3, -0.25) is 0 Å². The lowest BCUT2D eigenvalue weighted by atomic mass is 9.72. The summed E-state index contributed by atoms with van der Waals surface area (Å²) in [7, 11) is 0. The maximum absolute atomic E-state index is 4.65. The lowest BCUT2D eigenvalue weighted by Gasteiger charge is -2.33. The molecule has 0 fully saturated rings. The quantitative estimate of drug-likeness (QED) is 0.517. The monoisotopic (exact) mass is 284 g/mol. The lowest BCUT2D eigenvalue weighted by Crippen LogP contribution is -2.20. The van der Waals surface area contributed by atoms with Crippen molar-refractivity contribution in [3.05, 3.63) is 53.6 Å².